The van der Waals surface area contributed by atoms with Crippen molar-refractivity contribution in [3.05, 3.63) is 58.1 Å². The van der Waals surface area contributed by atoms with Crippen molar-refractivity contribution >= 4 is 21.8 Å². The second-order valence-electron chi connectivity index (χ2n) is 7.45. The molecule has 1 N–H and O–H groups in total. The van der Waals surface area contributed by atoms with Crippen LogP contribution in [0, 0.1) is 0 Å². The number of amides is 1. The number of morpholine rings is 1. The Labute approximate surface area is 193 Å². The van der Waals surface area contributed by atoms with Gasteiger partial charge in [0.05, 0.1) is 32.3 Å². The topological polar surface area (TPSA) is 60.0 Å². The van der Waals surface area contributed by atoms with E-state index in [0.29, 0.717) is 37.9 Å². The molecule has 0 aliphatic carbocycles. The molecular weight excluding hydrogens is 460 g/mol. The summed E-state index contributed by atoms with van der Waals surface area (Å²) in [6.07, 6.45) is 0.247. The first kappa shape index (κ1) is 23.6. The van der Waals surface area contributed by atoms with Crippen molar-refractivity contribution in [3.63, 3.8) is 0 Å². The van der Waals surface area contributed by atoms with E-state index in [2.05, 4.69) is 50.4 Å². The number of ether oxygens (including phenoxy) is 3. The van der Waals surface area contributed by atoms with Crippen LogP contribution in [-0.4, -0.2) is 56.4 Å². The molecule has 168 valence electrons. The van der Waals surface area contributed by atoms with Crippen LogP contribution in [0.1, 0.15) is 25.0 Å². The molecule has 1 atom stereocenters. The molecule has 1 fully saturated rings. The summed E-state index contributed by atoms with van der Waals surface area (Å²) in [4.78, 5) is 15.0. The Morgan fingerprint density at radius 1 is 1.16 bits per heavy atom. The molecule has 1 unspecified atom stereocenters. The largest absolute Gasteiger partial charge is 0.490 e. The summed E-state index contributed by atoms with van der Waals surface area (Å²) >= 11 is 3.55. The van der Waals surface area contributed by atoms with E-state index < -0.39 is 0 Å². The predicted octanol–water partition coefficient (Wildman–Crippen LogP) is 3.81. The average Bonchev–Trinajstić information content (AvgIpc) is 2.77. The quantitative estimate of drug-likeness (QED) is 0.548. The Kier molecular flexibility index (Phi) is 9.18. The van der Waals surface area contributed by atoms with E-state index in [1.807, 2.05) is 32.0 Å². The van der Waals surface area contributed by atoms with Gasteiger partial charge >= 0.3 is 0 Å². The number of hydrogen-bond acceptors (Lipinski definition) is 5. The van der Waals surface area contributed by atoms with E-state index in [4.69, 9.17) is 14.2 Å². The molecule has 1 heterocycles. The number of carbonyl (C=O) groups excluding carboxylic acids is 1. The second-order valence-corrected chi connectivity index (χ2v) is 8.31. The molecule has 6 nitrogen and oxygen atoms in total. The Morgan fingerprint density at radius 3 is 2.58 bits per heavy atom. The number of benzene rings is 2. The maximum atomic E-state index is 12.6. The summed E-state index contributed by atoms with van der Waals surface area (Å²) < 4.78 is 18.0. The standard InChI is InChI=1S/C24H31BrN2O4/c1-3-29-22-12-19(21(25)14-23(22)30-4-2)13-24(28)26-15-20-17-27(10-11-31-20)16-18-8-6-5-7-9-18/h5-9,12,14,20H,3-4,10-11,13,15-17H2,1-2H3,(H,26,28). The van der Waals surface area contributed by atoms with Gasteiger partial charge in [0.1, 0.15) is 0 Å². The molecule has 0 aromatic heterocycles. The third-order valence-electron chi connectivity index (χ3n) is 5.06. The van der Waals surface area contributed by atoms with Crippen LogP contribution in [0.2, 0.25) is 0 Å². The van der Waals surface area contributed by atoms with Gasteiger partial charge in [-0.3, -0.25) is 9.69 Å². The predicted molar refractivity (Wildman–Crippen MR) is 125 cm³/mol. The number of rotatable bonds is 10. The van der Waals surface area contributed by atoms with Gasteiger partial charge in [-0.15, -0.1) is 0 Å². The normalized spacial score (nSPS) is 16.7. The molecule has 3 rings (SSSR count). The first-order chi connectivity index (χ1) is 15.1. The van der Waals surface area contributed by atoms with Crippen LogP contribution in [0.5, 0.6) is 11.5 Å². The molecule has 0 radical (unpaired) electrons. The van der Waals surface area contributed by atoms with Crippen LogP contribution in [0.3, 0.4) is 0 Å². The first-order valence-electron chi connectivity index (χ1n) is 10.8. The minimum absolute atomic E-state index is 0.0100. The fourth-order valence-electron chi connectivity index (χ4n) is 3.60. The number of halogens is 1. The van der Waals surface area contributed by atoms with Crippen molar-refractivity contribution in [2.45, 2.75) is 32.9 Å². The highest BCUT2D eigenvalue weighted by Crippen LogP contribution is 2.34. The van der Waals surface area contributed by atoms with Crippen molar-refractivity contribution in [1.82, 2.24) is 10.2 Å². The Bertz CT molecular complexity index is 847. The monoisotopic (exact) mass is 490 g/mol. The Balaban J connectivity index is 1.52. The molecule has 0 bridgehead atoms. The van der Waals surface area contributed by atoms with Gasteiger partial charge in [-0.25, -0.2) is 0 Å². The Hall–Kier alpha value is -2.09. The third-order valence-corrected chi connectivity index (χ3v) is 5.80. The maximum Gasteiger partial charge on any atom is 0.224 e. The minimum atomic E-state index is -0.0453. The summed E-state index contributed by atoms with van der Waals surface area (Å²) in [6, 6.07) is 14.2. The van der Waals surface area contributed by atoms with Crippen LogP contribution >= 0.6 is 15.9 Å². The highest BCUT2D eigenvalue weighted by molar-refractivity contribution is 9.10. The summed E-state index contributed by atoms with van der Waals surface area (Å²) in [7, 11) is 0. The van der Waals surface area contributed by atoms with Crippen molar-refractivity contribution in [2.75, 3.05) is 39.5 Å². The molecule has 31 heavy (non-hydrogen) atoms. The van der Waals surface area contributed by atoms with E-state index in [9.17, 15) is 4.79 Å². The SMILES string of the molecule is CCOc1cc(Br)c(CC(=O)NCC2CN(Cc3ccccc3)CCO2)cc1OCC. The maximum absolute atomic E-state index is 12.6. The highest BCUT2D eigenvalue weighted by atomic mass is 79.9. The van der Waals surface area contributed by atoms with Crippen molar-refractivity contribution in [2.24, 2.45) is 0 Å². The van der Waals surface area contributed by atoms with E-state index >= 15 is 0 Å². The molecule has 1 aliphatic heterocycles. The van der Waals surface area contributed by atoms with Gasteiger partial charge in [-0.2, -0.15) is 0 Å². The zero-order chi connectivity index (χ0) is 22.1. The van der Waals surface area contributed by atoms with E-state index in [1.54, 1.807) is 0 Å². The molecule has 2 aromatic rings. The molecule has 1 amide bonds. The van der Waals surface area contributed by atoms with Crippen LogP contribution in [0.15, 0.2) is 46.9 Å². The lowest BCUT2D eigenvalue weighted by atomic mass is 10.1. The van der Waals surface area contributed by atoms with Gasteiger partial charge in [0.15, 0.2) is 11.5 Å². The van der Waals surface area contributed by atoms with Gasteiger partial charge < -0.3 is 19.5 Å². The molecule has 1 saturated heterocycles. The number of nitrogens with one attached hydrogen (secondary N) is 1. The van der Waals surface area contributed by atoms with Gasteiger partial charge in [-0.05, 0) is 37.1 Å². The van der Waals surface area contributed by atoms with E-state index in [1.165, 1.54) is 5.56 Å². The number of nitrogens with zero attached hydrogens (tertiary/aromatic N) is 1. The van der Waals surface area contributed by atoms with E-state index in [0.717, 1.165) is 29.7 Å². The average molecular weight is 491 g/mol. The lowest BCUT2D eigenvalue weighted by molar-refractivity contribution is -0.121. The lowest BCUT2D eigenvalue weighted by Crippen LogP contribution is -2.47. The van der Waals surface area contributed by atoms with Crippen LogP contribution < -0.4 is 14.8 Å². The molecular formula is C24H31BrN2O4. The summed E-state index contributed by atoms with van der Waals surface area (Å²) in [5.74, 6) is 1.29. The summed E-state index contributed by atoms with van der Waals surface area (Å²) in [6.45, 7) is 8.71. The van der Waals surface area contributed by atoms with Gasteiger partial charge in [0.2, 0.25) is 5.91 Å². The summed E-state index contributed by atoms with van der Waals surface area (Å²) in [5.41, 5.74) is 2.15. The molecule has 0 spiro atoms. The third kappa shape index (κ3) is 7.23. The fraction of sp³-hybridized carbons (Fsp3) is 0.458. The molecule has 2 aromatic carbocycles. The highest BCUT2D eigenvalue weighted by Gasteiger charge is 2.21. The molecule has 7 heteroatoms. The van der Waals surface area contributed by atoms with Crippen molar-refractivity contribution in [3.8, 4) is 11.5 Å². The minimum Gasteiger partial charge on any atom is -0.490 e. The van der Waals surface area contributed by atoms with Crippen molar-refractivity contribution < 1.29 is 19.0 Å². The lowest BCUT2D eigenvalue weighted by Gasteiger charge is -2.33. The van der Waals surface area contributed by atoms with Crippen LogP contribution in [0.4, 0.5) is 0 Å². The Morgan fingerprint density at radius 2 is 1.87 bits per heavy atom. The van der Waals surface area contributed by atoms with Crippen LogP contribution in [0.25, 0.3) is 0 Å². The van der Waals surface area contributed by atoms with Gasteiger partial charge in [0, 0.05) is 30.7 Å². The van der Waals surface area contributed by atoms with Crippen LogP contribution in [-0.2, 0) is 22.5 Å². The summed E-state index contributed by atoms with van der Waals surface area (Å²) in [5, 5.41) is 3.02. The number of carbonyl (C=O) groups is 1. The molecule has 0 saturated carbocycles. The van der Waals surface area contributed by atoms with Crippen molar-refractivity contribution in [1.29, 1.82) is 0 Å². The number of hydrogen-bond donors (Lipinski definition) is 1. The molecule has 1 aliphatic rings. The van der Waals surface area contributed by atoms with Gasteiger partial charge in [0.25, 0.3) is 0 Å². The van der Waals surface area contributed by atoms with Gasteiger partial charge in [-0.1, -0.05) is 46.3 Å². The smallest absolute Gasteiger partial charge is 0.224 e. The first-order valence-corrected chi connectivity index (χ1v) is 11.6. The second kappa shape index (κ2) is 12.1. The zero-order valence-electron chi connectivity index (χ0n) is 18.2. The fourth-order valence-corrected chi connectivity index (χ4v) is 4.06. The van der Waals surface area contributed by atoms with E-state index in [-0.39, 0.29) is 18.4 Å². The zero-order valence-corrected chi connectivity index (χ0v) is 19.8.